The van der Waals surface area contributed by atoms with Crippen molar-refractivity contribution in [3.05, 3.63) is 64.9 Å². The quantitative estimate of drug-likeness (QED) is 0.846. The van der Waals surface area contributed by atoms with Crippen molar-refractivity contribution in [3.8, 4) is 0 Å². The van der Waals surface area contributed by atoms with E-state index >= 15 is 0 Å². The largest absolute Gasteiger partial charge is 0.288 e. The van der Waals surface area contributed by atoms with Crippen molar-refractivity contribution >= 4 is 23.4 Å². The monoisotopic (exact) mass is 331 g/mol. The van der Waals surface area contributed by atoms with Gasteiger partial charge in [0.25, 0.3) is 5.91 Å². The third-order valence-electron chi connectivity index (χ3n) is 3.38. The van der Waals surface area contributed by atoms with Gasteiger partial charge in [0.2, 0.25) is 5.91 Å². The number of benzene rings is 1. The Labute approximate surface area is 140 Å². The van der Waals surface area contributed by atoms with Crippen LogP contribution in [0, 0.1) is 5.92 Å². The standard InChI is InChI=1S/C17H18ClN3O2/c1-11(2)15(12-6-8-13(18)9-7-12)17(23)21-20-16(22)14-5-3-4-10-19-14/h3-11,15H,1-2H3,(H,20,22)(H,21,23)/t15-/m0/s1. The van der Waals surface area contributed by atoms with Crippen LogP contribution in [-0.4, -0.2) is 16.8 Å². The number of halogens is 1. The van der Waals surface area contributed by atoms with Gasteiger partial charge in [-0.05, 0) is 35.7 Å². The number of hydrazine groups is 1. The van der Waals surface area contributed by atoms with Crippen LogP contribution >= 0.6 is 11.6 Å². The summed E-state index contributed by atoms with van der Waals surface area (Å²) in [6.45, 7) is 3.89. The fourth-order valence-corrected chi connectivity index (χ4v) is 2.39. The molecule has 5 nitrogen and oxygen atoms in total. The van der Waals surface area contributed by atoms with Gasteiger partial charge in [-0.2, -0.15) is 0 Å². The van der Waals surface area contributed by atoms with E-state index in [-0.39, 0.29) is 17.5 Å². The molecule has 2 aromatic rings. The molecule has 0 aliphatic carbocycles. The van der Waals surface area contributed by atoms with E-state index in [0.717, 1.165) is 5.56 Å². The molecule has 120 valence electrons. The summed E-state index contributed by atoms with van der Waals surface area (Å²) in [6, 6.07) is 12.1. The molecular weight excluding hydrogens is 314 g/mol. The molecular formula is C17H18ClN3O2. The lowest BCUT2D eigenvalue weighted by atomic mass is 9.88. The predicted molar refractivity (Wildman–Crippen MR) is 88.9 cm³/mol. The molecule has 0 saturated heterocycles. The number of hydrogen-bond acceptors (Lipinski definition) is 3. The first-order chi connectivity index (χ1) is 11.0. The maximum atomic E-state index is 12.4. The predicted octanol–water partition coefficient (Wildman–Crippen LogP) is 2.94. The second kappa shape index (κ2) is 7.74. The highest BCUT2D eigenvalue weighted by atomic mass is 35.5. The lowest BCUT2D eigenvalue weighted by Gasteiger charge is -2.21. The second-order valence-electron chi connectivity index (χ2n) is 5.43. The zero-order chi connectivity index (χ0) is 16.8. The van der Waals surface area contributed by atoms with Crippen molar-refractivity contribution in [1.29, 1.82) is 0 Å². The Morgan fingerprint density at radius 2 is 1.74 bits per heavy atom. The van der Waals surface area contributed by atoms with E-state index in [9.17, 15) is 9.59 Å². The van der Waals surface area contributed by atoms with Crippen LogP contribution in [0.15, 0.2) is 48.7 Å². The number of carbonyl (C=O) groups is 2. The van der Waals surface area contributed by atoms with Crippen LogP contribution in [0.1, 0.15) is 35.8 Å². The number of amides is 2. The Morgan fingerprint density at radius 3 is 2.30 bits per heavy atom. The van der Waals surface area contributed by atoms with Crippen LogP contribution in [0.3, 0.4) is 0 Å². The number of hydrogen-bond donors (Lipinski definition) is 2. The second-order valence-corrected chi connectivity index (χ2v) is 5.87. The van der Waals surface area contributed by atoms with E-state index in [2.05, 4.69) is 15.8 Å². The Hall–Kier alpha value is -2.40. The minimum absolute atomic E-state index is 0.0583. The summed E-state index contributed by atoms with van der Waals surface area (Å²) < 4.78 is 0. The fourth-order valence-electron chi connectivity index (χ4n) is 2.27. The van der Waals surface area contributed by atoms with Gasteiger partial charge in [-0.15, -0.1) is 0 Å². The molecule has 2 N–H and O–H groups in total. The lowest BCUT2D eigenvalue weighted by molar-refractivity contribution is -0.124. The summed E-state index contributed by atoms with van der Waals surface area (Å²) >= 11 is 5.88. The van der Waals surface area contributed by atoms with Crippen molar-refractivity contribution in [2.75, 3.05) is 0 Å². The Morgan fingerprint density at radius 1 is 1.04 bits per heavy atom. The summed E-state index contributed by atoms with van der Waals surface area (Å²) in [5.74, 6) is -1.08. The van der Waals surface area contributed by atoms with E-state index < -0.39 is 11.8 Å². The summed E-state index contributed by atoms with van der Waals surface area (Å²) in [6.07, 6.45) is 1.52. The summed E-state index contributed by atoms with van der Waals surface area (Å²) in [5.41, 5.74) is 5.93. The molecule has 0 aliphatic rings. The molecule has 1 aromatic heterocycles. The highest BCUT2D eigenvalue weighted by Crippen LogP contribution is 2.25. The van der Waals surface area contributed by atoms with Crippen LogP contribution in [0.5, 0.6) is 0 Å². The first kappa shape index (κ1) is 17.0. The zero-order valence-corrected chi connectivity index (χ0v) is 13.7. The molecule has 0 fully saturated rings. The molecule has 1 heterocycles. The number of carbonyl (C=O) groups excluding carboxylic acids is 2. The van der Waals surface area contributed by atoms with Gasteiger partial charge in [-0.1, -0.05) is 43.6 Å². The van der Waals surface area contributed by atoms with Crippen LogP contribution < -0.4 is 10.9 Å². The van der Waals surface area contributed by atoms with Gasteiger partial charge < -0.3 is 0 Å². The van der Waals surface area contributed by atoms with Crippen molar-refractivity contribution in [2.24, 2.45) is 5.92 Å². The van der Waals surface area contributed by atoms with Crippen LogP contribution in [-0.2, 0) is 4.79 Å². The van der Waals surface area contributed by atoms with Gasteiger partial charge in [0, 0.05) is 11.2 Å². The molecule has 0 radical (unpaired) electrons. The highest BCUT2D eigenvalue weighted by molar-refractivity contribution is 6.30. The molecule has 0 unspecified atom stereocenters. The molecule has 0 saturated carbocycles. The summed E-state index contributed by atoms with van der Waals surface area (Å²) in [4.78, 5) is 28.3. The zero-order valence-electron chi connectivity index (χ0n) is 12.9. The first-order valence-corrected chi connectivity index (χ1v) is 7.63. The van der Waals surface area contributed by atoms with Crippen LogP contribution in [0.4, 0.5) is 0 Å². The van der Waals surface area contributed by atoms with E-state index in [4.69, 9.17) is 11.6 Å². The van der Waals surface area contributed by atoms with E-state index in [1.807, 2.05) is 26.0 Å². The van der Waals surface area contributed by atoms with Gasteiger partial charge in [0.1, 0.15) is 5.69 Å². The van der Waals surface area contributed by atoms with E-state index in [1.165, 1.54) is 6.20 Å². The molecule has 6 heteroatoms. The first-order valence-electron chi connectivity index (χ1n) is 7.25. The number of nitrogens with zero attached hydrogens (tertiary/aromatic N) is 1. The Bertz CT molecular complexity index is 672. The average molecular weight is 332 g/mol. The van der Waals surface area contributed by atoms with E-state index in [1.54, 1.807) is 30.3 Å². The van der Waals surface area contributed by atoms with Gasteiger partial charge in [0.05, 0.1) is 5.92 Å². The minimum atomic E-state index is -0.461. The molecule has 1 atom stereocenters. The normalized spacial score (nSPS) is 11.8. The van der Waals surface area contributed by atoms with Gasteiger partial charge in [-0.25, -0.2) is 0 Å². The maximum absolute atomic E-state index is 12.4. The minimum Gasteiger partial charge on any atom is -0.273 e. The smallest absolute Gasteiger partial charge is 0.273 e. The van der Waals surface area contributed by atoms with Crippen molar-refractivity contribution in [1.82, 2.24) is 15.8 Å². The highest BCUT2D eigenvalue weighted by Gasteiger charge is 2.24. The molecule has 1 aromatic carbocycles. The average Bonchev–Trinajstić information content (AvgIpc) is 2.55. The third kappa shape index (κ3) is 4.53. The number of nitrogens with one attached hydrogen (secondary N) is 2. The summed E-state index contributed by atoms with van der Waals surface area (Å²) in [5, 5.41) is 0.611. The lowest BCUT2D eigenvalue weighted by Crippen LogP contribution is -2.45. The van der Waals surface area contributed by atoms with Crippen LogP contribution in [0.25, 0.3) is 0 Å². The molecule has 0 aliphatic heterocycles. The number of rotatable bonds is 4. The molecule has 23 heavy (non-hydrogen) atoms. The third-order valence-corrected chi connectivity index (χ3v) is 3.63. The number of aromatic nitrogens is 1. The van der Waals surface area contributed by atoms with E-state index in [0.29, 0.717) is 5.02 Å². The fraction of sp³-hybridized carbons (Fsp3) is 0.235. The molecule has 2 amide bonds. The van der Waals surface area contributed by atoms with Gasteiger partial charge >= 0.3 is 0 Å². The maximum Gasteiger partial charge on any atom is 0.288 e. The van der Waals surface area contributed by atoms with Gasteiger partial charge in [0.15, 0.2) is 0 Å². The Balaban J connectivity index is 2.04. The number of pyridine rings is 1. The summed E-state index contributed by atoms with van der Waals surface area (Å²) in [7, 11) is 0. The topological polar surface area (TPSA) is 71.1 Å². The van der Waals surface area contributed by atoms with Crippen LogP contribution in [0.2, 0.25) is 5.02 Å². The molecule has 2 rings (SSSR count). The van der Waals surface area contributed by atoms with Crippen molar-refractivity contribution in [3.63, 3.8) is 0 Å². The Kier molecular flexibility index (Phi) is 5.71. The van der Waals surface area contributed by atoms with Crippen molar-refractivity contribution in [2.45, 2.75) is 19.8 Å². The molecule has 0 bridgehead atoms. The van der Waals surface area contributed by atoms with Gasteiger partial charge in [-0.3, -0.25) is 25.4 Å². The SMILES string of the molecule is CC(C)[C@H](C(=O)NNC(=O)c1ccccn1)c1ccc(Cl)cc1. The van der Waals surface area contributed by atoms with Crippen molar-refractivity contribution < 1.29 is 9.59 Å². The molecule has 0 spiro atoms.